The smallest absolute Gasteiger partial charge is 0.119 e. The maximum Gasteiger partial charge on any atom is 0.119 e. The highest BCUT2D eigenvalue weighted by molar-refractivity contribution is 5.40. The molecular formula is C18H20O. The van der Waals surface area contributed by atoms with Crippen LogP contribution in [0.3, 0.4) is 0 Å². The predicted octanol–water partition coefficient (Wildman–Crippen LogP) is 4.53. The van der Waals surface area contributed by atoms with Crippen LogP contribution < -0.4 is 4.74 Å². The number of hydrogen-bond acceptors (Lipinski definition) is 1. The van der Waals surface area contributed by atoms with Crippen molar-refractivity contribution in [2.45, 2.75) is 32.1 Å². The van der Waals surface area contributed by atoms with Gasteiger partial charge in [0, 0.05) is 5.92 Å². The Morgan fingerprint density at radius 2 is 1.79 bits per heavy atom. The monoisotopic (exact) mass is 252 g/mol. The number of hydrogen-bond donors (Lipinski definition) is 0. The molecule has 0 radical (unpaired) electrons. The number of fused-ring (bicyclic) bond motifs is 1. The average molecular weight is 252 g/mol. The highest BCUT2D eigenvalue weighted by Crippen LogP contribution is 2.35. The molecule has 1 aliphatic carbocycles. The van der Waals surface area contributed by atoms with E-state index in [1.54, 1.807) is 0 Å². The molecule has 0 amide bonds. The van der Waals surface area contributed by atoms with Gasteiger partial charge in [0.25, 0.3) is 0 Å². The fourth-order valence-electron chi connectivity index (χ4n) is 2.66. The lowest BCUT2D eigenvalue weighted by Crippen LogP contribution is -2.23. The molecule has 2 aromatic rings. The molecule has 3 rings (SSSR count). The van der Waals surface area contributed by atoms with Crippen molar-refractivity contribution >= 4 is 0 Å². The summed E-state index contributed by atoms with van der Waals surface area (Å²) in [6.07, 6.45) is 1.15. The highest BCUT2D eigenvalue weighted by atomic mass is 16.5. The van der Waals surface area contributed by atoms with E-state index in [-0.39, 0.29) is 0 Å². The Balaban J connectivity index is 1.59. The summed E-state index contributed by atoms with van der Waals surface area (Å²) in [6.45, 7) is 5.21. The third kappa shape index (κ3) is 2.51. The van der Waals surface area contributed by atoms with Gasteiger partial charge in [-0.25, -0.2) is 0 Å². The first-order valence-corrected chi connectivity index (χ1v) is 7.04. The van der Waals surface area contributed by atoms with E-state index in [1.807, 2.05) is 0 Å². The highest BCUT2D eigenvalue weighted by Gasteiger charge is 2.25. The molecule has 1 nitrogen and oxygen atoms in total. The summed E-state index contributed by atoms with van der Waals surface area (Å²) in [7, 11) is 0. The van der Waals surface area contributed by atoms with Gasteiger partial charge in [0.15, 0.2) is 0 Å². The first kappa shape index (κ1) is 12.3. The van der Waals surface area contributed by atoms with Crippen molar-refractivity contribution in [3.05, 3.63) is 65.2 Å². The lowest BCUT2D eigenvalue weighted by molar-refractivity contribution is 0.275. The first-order chi connectivity index (χ1) is 9.24. The van der Waals surface area contributed by atoms with E-state index >= 15 is 0 Å². The minimum atomic E-state index is 0.570. The minimum Gasteiger partial charge on any atom is -0.493 e. The van der Waals surface area contributed by atoms with Crippen LogP contribution in [0.5, 0.6) is 5.75 Å². The predicted molar refractivity (Wildman–Crippen MR) is 78.9 cm³/mol. The van der Waals surface area contributed by atoms with Crippen molar-refractivity contribution in [1.29, 1.82) is 0 Å². The summed E-state index contributed by atoms with van der Waals surface area (Å²) in [5.74, 6) is 2.13. The number of rotatable bonds is 4. The molecular weight excluding hydrogens is 232 g/mol. The Hall–Kier alpha value is -1.76. The lowest BCUT2D eigenvalue weighted by Gasteiger charge is -2.29. The van der Waals surface area contributed by atoms with E-state index in [1.165, 1.54) is 16.7 Å². The number of benzene rings is 2. The van der Waals surface area contributed by atoms with E-state index in [0.717, 1.165) is 18.8 Å². The van der Waals surface area contributed by atoms with Crippen LogP contribution in [-0.2, 0) is 6.42 Å². The Morgan fingerprint density at radius 1 is 1.05 bits per heavy atom. The van der Waals surface area contributed by atoms with Gasteiger partial charge in [-0.05, 0) is 41.2 Å². The van der Waals surface area contributed by atoms with Crippen LogP contribution in [0.2, 0.25) is 0 Å². The SMILES string of the molecule is CC(C)c1ccc(OCC2Cc3ccccc32)cc1. The second-order valence-electron chi connectivity index (χ2n) is 5.63. The van der Waals surface area contributed by atoms with E-state index in [2.05, 4.69) is 62.4 Å². The van der Waals surface area contributed by atoms with E-state index < -0.39 is 0 Å². The Kier molecular flexibility index (Phi) is 3.29. The normalized spacial score (nSPS) is 16.9. The quantitative estimate of drug-likeness (QED) is 0.777. The van der Waals surface area contributed by atoms with Crippen molar-refractivity contribution in [2.75, 3.05) is 6.61 Å². The van der Waals surface area contributed by atoms with E-state index in [9.17, 15) is 0 Å². The zero-order chi connectivity index (χ0) is 13.2. The van der Waals surface area contributed by atoms with Gasteiger partial charge in [-0.15, -0.1) is 0 Å². The summed E-state index contributed by atoms with van der Waals surface area (Å²) in [6, 6.07) is 17.1. The molecule has 19 heavy (non-hydrogen) atoms. The van der Waals surface area contributed by atoms with Crippen LogP contribution in [0.4, 0.5) is 0 Å². The van der Waals surface area contributed by atoms with Crippen LogP contribution in [0, 0.1) is 0 Å². The minimum absolute atomic E-state index is 0.570. The van der Waals surface area contributed by atoms with Gasteiger partial charge in [-0.1, -0.05) is 50.2 Å². The van der Waals surface area contributed by atoms with Crippen molar-refractivity contribution in [3.63, 3.8) is 0 Å². The summed E-state index contributed by atoms with van der Waals surface area (Å²) in [4.78, 5) is 0. The molecule has 0 fully saturated rings. The van der Waals surface area contributed by atoms with Crippen LogP contribution in [-0.4, -0.2) is 6.61 Å². The maximum atomic E-state index is 5.90. The van der Waals surface area contributed by atoms with Gasteiger partial charge in [0.2, 0.25) is 0 Å². The van der Waals surface area contributed by atoms with Gasteiger partial charge in [-0.3, -0.25) is 0 Å². The maximum absolute atomic E-state index is 5.90. The molecule has 0 bridgehead atoms. The van der Waals surface area contributed by atoms with Crippen molar-refractivity contribution in [2.24, 2.45) is 0 Å². The molecule has 0 spiro atoms. The number of ether oxygens (including phenoxy) is 1. The van der Waals surface area contributed by atoms with E-state index in [4.69, 9.17) is 4.74 Å². The molecule has 1 unspecified atom stereocenters. The molecule has 0 saturated heterocycles. The van der Waals surface area contributed by atoms with Crippen LogP contribution in [0.15, 0.2) is 48.5 Å². The second kappa shape index (κ2) is 5.08. The third-order valence-corrected chi connectivity index (χ3v) is 3.96. The van der Waals surface area contributed by atoms with Crippen molar-refractivity contribution in [1.82, 2.24) is 0 Å². The fraction of sp³-hybridized carbons (Fsp3) is 0.333. The van der Waals surface area contributed by atoms with Crippen molar-refractivity contribution in [3.8, 4) is 5.75 Å². The average Bonchev–Trinajstić information content (AvgIpc) is 2.40. The lowest BCUT2D eigenvalue weighted by atomic mass is 9.78. The molecule has 0 N–H and O–H groups in total. The fourth-order valence-corrected chi connectivity index (χ4v) is 2.66. The molecule has 1 aliphatic rings. The molecule has 98 valence electrons. The van der Waals surface area contributed by atoms with Crippen LogP contribution in [0.25, 0.3) is 0 Å². The largest absolute Gasteiger partial charge is 0.493 e. The van der Waals surface area contributed by atoms with Crippen LogP contribution >= 0.6 is 0 Å². The topological polar surface area (TPSA) is 9.23 Å². The molecule has 1 atom stereocenters. The molecule has 2 aromatic carbocycles. The molecule has 0 aromatic heterocycles. The Bertz CT molecular complexity index is 554. The van der Waals surface area contributed by atoms with Gasteiger partial charge in [0.05, 0.1) is 6.61 Å². The second-order valence-corrected chi connectivity index (χ2v) is 5.63. The molecule has 0 saturated carbocycles. The summed E-state index contributed by atoms with van der Waals surface area (Å²) in [5.41, 5.74) is 4.30. The summed E-state index contributed by atoms with van der Waals surface area (Å²) < 4.78 is 5.90. The summed E-state index contributed by atoms with van der Waals surface area (Å²) in [5, 5.41) is 0. The van der Waals surface area contributed by atoms with E-state index in [0.29, 0.717) is 11.8 Å². The molecule has 1 heteroatoms. The first-order valence-electron chi connectivity index (χ1n) is 7.04. The standard InChI is InChI=1S/C18H20O/c1-13(2)14-7-9-17(10-8-14)19-12-16-11-15-5-3-4-6-18(15)16/h3-10,13,16H,11-12H2,1-2H3. The third-order valence-electron chi connectivity index (χ3n) is 3.96. The zero-order valence-corrected chi connectivity index (χ0v) is 11.6. The molecule has 0 heterocycles. The zero-order valence-electron chi connectivity index (χ0n) is 11.6. The van der Waals surface area contributed by atoms with Gasteiger partial charge in [-0.2, -0.15) is 0 Å². The molecule has 0 aliphatic heterocycles. The Morgan fingerprint density at radius 3 is 2.47 bits per heavy atom. The van der Waals surface area contributed by atoms with Gasteiger partial charge < -0.3 is 4.74 Å². The van der Waals surface area contributed by atoms with Gasteiger partial charge >= 0.3 is 0 Å². The Labute approximate surface area is 115 Å². The van der Waals surface area contributed by atoms with Gasteiger partial charge in [0.1, 0.15) is 5.75 Å². The summed E-state index contributed by atoms with van der Waals surface area (Å²) >= 11 is 0. The van der Waals surface area contributed by atoms with Crippen molar-refractivity contribution < 1.29 is 4.74 Å². The van der Waals surface area contributed by atoms with Crippen LogP contribution in [0.1, 0.15) is 42.4 Å².